The first-order chi connectivity index (χ1) is 13.3. The highest BCUT2D eigenvalue weighted by Gasteiger charge is 2.16. The number of nitrogens with zero attached hydrogens (tertiary/aromatic N) is 2. The van der Waals surface area contributed by atoms with E-state index in [1.807, 2.05) is 4.57 Å². The summed E-state index contributed by atoms with van der Waals surface area (Å²) in [7, 11) is -3.82. The fourth-order valence-corrected chi connectivity index (χ4v) is 4.22. The SMILES string of the molecule is CCCCn1c(SCC(=O)c2ccc(F)cc2)nc2ccc(S(N)(=O)=O)cc21. The van der Waals surface area contributed by atoms with Gasteiger partial charge in [0.2, 0.25) is 10.0 Å². The smallest absolute Gasteiger partial charge is 0.238 e. The molecule has 0 spiro atoms. The Morgan fingerprint density at radius 2 is 1.93 bits per heavy atom. The molecule has 0 unspecified atom stereocenters. The van der Waals surface area contributed by atoms with E-state index in [0.717, 1.165) is 12.8 Å². The monoisotopic (exact) mass is 421 g/mol. The number of aryl methyl sites for hydroxylation is 1. The van der Waals surface area contributed by atoms with Crippen LogP contribution in [0.25, 0.3) is 11.0 Å². The molecule has 6 nitrogen and oxygen atoms in total. The fraction of sp³-hybridized carbons (Fsp3) is 0.263. The zero-order valence-corrected chi connectivity index (χ0v) is 16.9. The summed E-state index contributed by atoms with van der Waals surface area (Å²) in [4.78, 5) is 17.0. The molecule has 3 aromatic rings. The number of Topliss-reactive ketones (excluding diaryl/α,β-unsaturated/α-hetero) is 1. The van der Waals surface area contributed by atoms with Crippen LogP contribution in [0.4, 0.5) is 4.39 Å². The van der Waals surface area contributed by atoms with Crippen molar-refractivity contribution in [2.75, 3.05) is 5.75 Å². The molecule has 2 N–H and O–H groups in total. The lowest BCUT2D eigenvalue weighted by Crippen LogP contribution is -2.12. The summed E-state index contributed by atoms with van der Waals surface area (Å²) in [5.41, 5.74) is 1.73. The molecule has 0 saturated carbocycles. The number of primary sulfonamides is 1. The second kappa shape index (κ2) is 8.42. The Morgan fingerprint density at radius 3 is 2.57 bits per heavy atom. The van der Waals surface area contributed by atoms with Crippen LogP contribution < -0.4 is 5.14 Å². The number of unbranched alkanes of at least 4 members (excludes halogenated alkanes) is 1. The second-order valence-electron chi connectivity index (χ2n) is 6.31. The molecule has 2 aromatic carbocycles. The molecule has 0 bridgehead atoms. The molecule has 1 heterocycles. The zero-order valence-electron chi connectivity index (χ0n) is 15.3. The fourth-order valence-electron chi connectivity index (χ4n) is 2.75. The highest BCUT2D eigenvalue weighted by Crippen LogP contribution is 2.27. The molecule has 3 rings (SSSR count). The Bertz CT molecular complexity index is 1110. The molecule has 0 amide bonds. The maximum Gasteiger partial charge on any atom is 0.238 e. The van der Waals surface area contributed by atoms with E-state index in [1.54, 1.807) is 6.07 Å². The van der Waals surface area contributed by atoms with Gasteiger partial charge in [-0.2, -0.15) is 0 Å². The third kappa shape index (κ3) is 4.60. The van der Waals surface area contributed by atoms with Gasteiger partial charge < -0.3 is 4.57 Å². The number of carbonyl (C=O) groups is 1. The Labute approximate surface area is 167 Å². The van der Waals surface area contributed by atoms with Crippen molar-refractivity contribution in [3.05, 3.63) is 53.8 Å². The van der Waals surface area contributed by atoms with Crippen LogP contribution in [0.15, 0.2) is 52.5 Å². The first kappa shape index (κ1) is 20.5. The van der Waals surface area contributed by atoms with Crippen molar-refractivity contribution in [2.24, 2.45) is 5.14 Å². The van der Waals surface area contributed by atoms with E-state index < -0.39 is 15.8 Å². The first-order valence-electron chi connectivity index (χ1n) is 8.74. The number of hydrogen-bond donors (Lipinski definition) is 1. The maximum atomic E-state index is 13.0. The standard InChI is InChI=1S/C19H20FN3O3S2/c1-2-3-10-23-17-11-15(28(21,25)26)8-9-16(17)22-19(23)27-12-18(24)13-4-6-14(20)7-5-13/h4-9,11H,2-3,10,12H2,1H3,(H2,21,25,26). The molecule has 0 saturated heterocycles. The molecular formula is C19H20FN3O3S2. The molecule has 0 aliphatic rings. The third-order valence-electron chi connectivity index (χ3n) is 4.25. The van der Waals surface area contributed by atoms with Gasteiger partial charge in [0.05, 0.1) is 21.7 Å². The Morgan fingerprint density at radius 1 is 1.21 bits per heavy atom. The van der Waals surface area contributed by atoms with Crippen LogP contribution in [-0.2, 0) is 16.6 Å². The van der Waals surface area contributed by atoms with Crippen molar-refractivity contribution in [1.29, 1.82) is 0 Å². The van der Waals surface area contributed by atoms with Gasteiger partial charge in [0.15, 0.2) is 10.9 Å². The maximum absolute atomic E-state index is 13.0. The number of aromatic nitrogens is 2. The number of ketones is 1. The summed E-state index contributed by atoms with van der Waals surface area (Å²) in [6.45, 7) is 2.70. The minimum atomic E-state index is -3.82. The van der Waals surface area contributed by atoms with Crippen LogP contribution in [0.1, 0.15) is 30.1 Å². The minimum absolute atomic E-state index is 0.0246. The second-order valence-corrected chi connectivity index (χ2v) is 8.82. The van der Waals surface area contributed by atoms with Gasteiger partial charge in [0.1, 0.15) is 5.82 Å². The number of benzene rings is 2. The lowest BCUT2D eigenvalue weighted by Gasteiger charge is -2.08. The largest absolute Gasteiger partial charge is 0.319 e. The number of sulfonamides is 1. The lowest BCUT2D eigenvalue weighted by molar-refractivity contribution is 0.102. The number of thioether (sulfide) groups is 1. The molecule has 9 heteroatoms. The van der Waals surface area contributed by atoms with Gasteiger partial charge in [-0.25, -0.2) is 22.9 Å². The highest BCUT2D eigenvalue weighted by atomic mass is 32.2. The summed E-state index contributed by atoms with van der Waals surface area (Å²) in [6, 6.07) is 9.97. The molecule has 28 heavy (non-hydrogen) atoms. The van der Waals surface area contributed by atoms with Crippen LogP contribution in [0.2, 0.25) is 0 Å². The number of nitrogens with two attached hydrogens (primary N) is 1. The van der Waals surface area contributed by atoms with Gasteiger partial charge in [-0.15, -0.1) is 0 Å². The summed E-state index contributed by atoms with van der Waals surface area (Å²) in [6.07, 6.45) is 1.83. The average molecular weight is 422 g/mol. The van der Waals surface area contributed by atoms with E-state index in [4.69, 9.17) is 5.14 Å². The Balaban J connectivity index is 1.90. The van der Waals surface area contributed by atoms with E-state index in [9.17, 15) is 17.6 Å². The third-order valence-corrected chi connectivity index (χ3v) is 6.13. The van der Waals surface area contributed by atoms with Crippen molar-refractivity contribution in [3.8, 4) is 0 Å². The number of rotatable bonds is 8. The normalized spacial score (nSPS) is 11.8. The number of fused-ring (bicyclic) bond motifs is 1. The van der Waals surface area contributed by atoms with E-state index in [-0.39, 0.29) is 16.4 Å². The predicted octanol–water partition coefficient (Wildman–Crippen LogP) is 3.60. The van der Waals surface area contributed by atoms with Crippen LogP contribution in [0, 0.1) is 5.82 Å². The molecule has 0 aliphatic heterocycles. The van der Waals surface area contributed by atoms with Crippen LogP contribution >= 0.6 is 11.8 Å². The minimum Gasteiger partial charge on any atom is -0.319 e. The molecule has 1 aromatic heterocycles. The Hall–Kier alpha value is -2.23. The summed E-state index contributed by atoms with van der Waals surface area (Å²) < 4.78 is 38.3. The van der Waals surface area contributed by atoms with E-state index >= 15 is 0 Å². The quantitative estimate of drug-likeness (QED) is 0.443. The highest BCUT2D eigenvalue weighted by molar-refractivity contribution is 7.99. The van der Waals surface area contributed by atoms with Gasteiger partial charge >= 0.3 is 0 Å². The average Bonchev–Trinajstić information content (AvgIpc) is 3.01. The van der Waals surface area contributed by atoms with Crippen molar-refractivity contribution >= 4 is 38.6 Å². The van der Waals surface area contributed by atoms with Gasteiger partial charge in [-0.3, -0.25) is 4.79 Å². The number of imidazole rings is 1. The van der Waals surface area contributed by atoms with Gasteiger partial charge in [0, 0.05) is 12.1 Å². The van der Waals surface area contributed by atoms with Gasteiger partial charge in [0.25, 0.3) is 0 Å². The molecular weight excluding hydrogens is 401 g/mol. The number of hydrogen-bond acceptors (Lipinski definition) is 5. The van der Waals surface area contributed by atoms with Crippen molar-refractivity contribution in [1.82, 2.24) is 9.55 Å². The van der Waals surface area contributed by atoms with Crippen molar-refractivity contribution < 1.29 is 17.6 Å². The van der Waals surface area contributed by atoms with E-state index in [0.29, 0.717) is 28.3 Å². The summed E-state index contributed by atoms with van der Waals surface area (Å²) in [5.74, 6) is -0.385. The Kier molecular flexibility index (Phi) is 6.17. The molecule has 0 aliphatic carbocycles. The summed E-state index contributed by atoms with van der Waals surface area (Å²) in [5, 5.41) is 5.87. The van der Waals surface area contributed by atoms with Crippen molar-refractivity contribution in [2.45, 2.75) is 36.4 Å². The topological polar surface area (TPSA) is 95.0 Å². The van der Waals surface area contributed by atoms with Crippen LogP contribution in [0.3, 0.4) is 0 Å². The molecule has 0 atom stereocenters. The number of halogens is 1. The van der Waals surface area contributed by atoms with Crippen molar-refractivity contribution in [3.63, 3.8) is 0 Å². The zero-order chi connectivity index (χ0) is 20.3. The van der Waals surface area contributed by atoms with Gasteiger partial charge in [-0.1, -0.05) is 25.1 Å². The van der Waals surface area contributed by atoms with Gasteiger partial charge in [-0.05, 0) is 48.9 Å². The lowest BCUT2D eigenvalue weighted by atomic mass is 10.1. The number of carbonyl (C=O) groups excluding carboxylic acids is 1. The van der Waals surface area contributed by atoms with Crippen LogP contribution in [0.5, 0.6) is 0 Å². The van der Waals surface area contributed by atoms with E-state index in [2.05, 4.69) is 11.9 Å². The van der Waals surface area contributed by atoms with Crippen LogP contribution in [-0.4, -0.2) is 29.5 Å². The molecule has 0 fully saturated rings. The summed E-state index contributed by atoms with van der Waals surface area (Å²) >= 11 is 1.27. The molecule has 148 valence electrons. The molecule has 0 radical (unpaired) electrons. The predicted molar refractivity (Wildman–Crippen MR) is 107 cm³/mol. The first-order valence-corrected chi connectivity index (χ1v) is 11.3. The van der Waals surface area contributed by atoms with E-state index in [1.165, 1.54) is 48.2 Å².